The third kappa shape index (κ3) is 2.67. The van der Waals surface area contributed by atoms with Gasteiger partial charge in [-0.25, -0.2) is 17.2 Å². The summed E-state index contributed by atoms with van der Waals surface area (Å²) >= 11 is 0. The molecule has 0 unspecified atom stereocenters. The molecule has 0 radical (unpaired) electrons. The average Bonchev–Trinajstić information content (AvgIpc) is 2.58. The average molecular weight is 336 g/mol. The quantitative estimate of drug-likeness (QED) is 0.821. The van der Waals surface area contributed by atoms with Crippen LogP contribution < -0.4 is 0 Å². The van der Waals surface area contributed by atoms with Gasteiger partial charge in [0.1, 0.15) is 16.4 Å². The molecule has 23 heavy (non-hydrogen) atoms. The van der Waals surface area contributed by atoms with Gasteiger partial charge in [-0.15, -0.1) is 0 Å². The lowest BCUT2D eigenvalue weighted by molar-refractivity contribution is 0.367. The molecule has 0 aromatic heterocycles. The zero-order chi connectivity index (χ0) is 16.5. The smallest absolute Gasteiger partial charge is 0.188 e. The van der Waals surface area contributed by atoms with Crippen molar-refractivity contribution >= 4 is 9.84 Å². The van der Waals surface area contributed by atoms with Gasteiger partial charge >= 0.3 is 0 Å². The minimum Gasteiger partial charge on any atom is -0.223 e. The van der Waals surface area contributed by atoms with E-state index in [1.54, 1.807) is 18.2 Å². The topological polar surface area (TPSA) is 34.1 Å². The van der Waals surface area contributed by atoms with Crippen LogP contribution in [0.15, 0.2) is 53.4 Å². The van der Waals surface area contributed by atoms with Gasteiger partial charge in [-0.1, -0.05) is 37.5 Å². The van der Waals surface area contributed by atoms with E-state index in [1.807, 2.05) is 0 Å². The first-order chi connectivity index (χ1) is 11.0. The van der Waals surface area contributed by atoms with Gasteiger partial charge in [-0.2, -0.15) is 0 Å². The summed E-state index contributed by atoms with van der Waals surface area (Å²) in [5.74, 6) is -1.28. The molecule has 1 aliphatic rings. The molecule has 3 rings (SSSR count). The summed E-state index contributed by atoms with van der Waals surface area (Å²) in [6.07, 6.45) is 2.89. The second-order valence-corrected chi connectivity index (χ2v) is 8.26. The Morgan fingerprint density at radius 3 is 2.17 bits per heavy atom. The number of benzene rings is 2. The molecule has 0 heterocycles. The van der Waals surface area contributed by atoms with Crippen LogP contribution >= 0.6 is 0 Å². The van der Waals surface area contributed by atoms with E-state index in [0.29, 0.717) is 25.7 Å². The molecule has 0 saturated heterocycles. The van der Waals surface area contributed by atoms with Gasteiger partial charge in [-0.05, 0) is 43.2 Å². The molecule has 0 N–H and O–H groups in total. The van der Waals surface area contributed by atoms with Crippen LogP contribution in [0.1, 0.15) is 37.7 Å². The van der Waals surface area contributed by atoms with Gasteiger partial charge in [0.05, 0.1) is 4.90 Å². The molecule has 1 fully saturated rings. The third-order valence-electron chi connectivity index (χ3n) is 4.65. The van der Waals surface area contributed by atoms with Crippen molar-refractivity contribution in [1.29, 1.82) is 0 Å². The van der Waals surface area contributed by atoms with Gasteiger partial charge < -0.3 is 0 Å². The first-order valence-corrected chi connectivity index (χ1v) is 9.21. The maximum absolute atomic E-state index is 14.4. The summed E-state index contributed by atoms with van der Waals surface area (Å²) in [5.41, 5.74) is -0.0407. The molecular weight excluding hydrogens is 318 g/mol. The fraction of sp³-hybridized carbons (Fsp3) is 0.333. The highest BCUT2D eigenvalue weighted by Crippen LogP contribution is 2.47. The summed E-state index contributed by atoms with van der Waals surface area (Å²) in [5, 5.41) is 0. The predicted molar refractivity (Wildman–Crippen MR) is 84.7 cm³/mol. The van der Waals surface area contributed by atoms with Crippen LogP contribution in [0.2, 0.25) is 0 Å². The van der Waals surface area contributed by atoms with Crippen molar-refractivity contribution in [3.63, 3.8) is 0 Å². The Morgan fingerprint density at radius 2 is 1.52 bits per heavy atom. The minimum atomic E-state index is -3.82. The Hall–Kier alpha value is -1.75. The highest BCUT2D eigenvalue weighted by Gasteiger charge is 2.48. The summed E-state index contributed by atoms with van der Waals surface area (Å²) < 4.78 is 53.3. The lowest BCUT2D eigenvalue weighted by Gasteiger charge is -2.37. The van der Waals surface area contributed by atoms with Gasteiger partial charge in [0, 0.05) is 5.56 Å². The van der Waals surface area contributed by atoms with Crippen molar-refractivity contribution in [1.82, 2.24) is 0 Å². The van der Waals surface area contributed by atoms with Crippen LogP contribution in [0.25, 0.3) is 0 Å². The van der Waals surface area contributed by atoms with Crippen LogP contribution in [0.4, 0.5) is 8.78 Å². The summed E-state index contributed by atoms with van der Waals surface area (Å²) in [4.78, 5) is 0.158. The van der Waals surface area contributed by atoms with Gasteiger partial charge in [0.15, 0.2) is 9.84 Å². The Morgan fingerprint density at radius 1 is 0.870 bits per heavy atom. The molecule has 0 spiro atoms. The summed E-state index contributed by atoms with van der Waals surface area (Å²) in [6.45, 7) is 0. The van der Waals surface area contributed by atoms with E-state index in [2.05, 4.69) is 0 Å². The second-order valence-electron chi connectivity index (χ2n) is 6.00. The maximum atomic E-state index is 14.4. The number of hydrogen-bond donors (Lipinski definition) is 0. The predicted octanol–water partition coefficient (Wildman–Crippen LogP) is 4.60. The number of sulfone groups is 1. The van der Waals surface area contributed by atoms with Crippen molar-refractivity contribution in [3.05, 3.63) is 65.7 Å². The Kier molecular flexibility index (Phi) is 4.23. The van der Waals surface area contributed by atoms with E-state index < -0.39 is 26.2 Å². The second kappa shape index (κ2) is 6.04. The van der Waals surface area contributed by atoms with E-state index >= 15 is 0 Å². The lowest BCUT2D eigenvalue weighted by Crippen LogP contribution is -2.39. The lowest BCUT2D eigenvalue weighted by atomic mass is 9.82. The number of hydrogen-bond acceptors (Lipinski definition) is 2. The van der Waals surface area contributed by atoms with Gasteiger partial charge in [0.2, 0.25) is 0 Å². The van der Waals surface area contributed by atoms with Gasteiger partial charge in [0.25, 0.3) is 0 Å². The molecule has 0 aliphatic heterocycles. The van der Waals surface area contributed by atoms with E-state index in [9.17, 15) is 17.2 Å². The van der Waals surface area contributed by atoms with Crippen LogP contribution in [0.3, 0.4) is 0 Å². The van der Waals surface area contributed by atoms with E-state index in [4.69, 9.17) is 0 Å². The normalized spacial score (nSPS) is 17.8. The van der Waals surface area contributed by atoms with Crippen molar-refractivity contribution in [3.8, 4) is 0 Å². The molecular formula is C18H18F2O2S. The fourth-order valence-electron chi connectivity index (χ4n) is 3.48. The van der Waals surface area contributed by atoms with Crippen LogP contribution in [-0.2, 0) is 14.6 Å². The standard InChI is InChI=1S/C18H18F2O2S/c19-14-9-10-17(20)16(13-14)18(11-5-2-6-12-18)23(21,22)15-7-3-1-4-8-15/h1,3-4,7-10,13H,2,5-6,11-12H2. The van der Waals surface area contributed by atoms with Crippen molar-refractivity contribution < 1.29 is 17.2 Å². The summed E-state index contributed by atoms with van der Waals surface area (Å²) in [7, 11) is -3.82. The molecule has 2 aromatic carbocycles. The molecule has 5 heteroatoms. The first kappa shape index (κ1) is 16.1. The monoisotopic (exact) mass is 336 g/mol. The van der Waals surface area contributed by atoms with E-state index in [1.165, 1.54) is 12.1 Å². The summed E-state index contributed by atoms with van der Waals surface area (Å²) in [6, 6.07) is 11.1. The molecule has 0 amide bonds. The van der Waals surface area contributed by atoms with E-state index in [-0.39, 0.29) is 10.5 Å². The molecule has 2 aromatic rings. The van der Waals surface area contributed by atoms with Crippen molar-refractivity contribution in [2.75, 3.05) is 0 Å². The molecule has 2 nitrogen and oxygen atoms in total. The van der Waals surface area contributed by atoms with E-state index in [0.717, 1.165) is 24.6 Å². The van der Waals surface area contributed by atoms with Crippen LogP contribution in [0, 0.1) is 11.6 Å². The molecule has 122 valence electrons. The Bertz CT molecular complexity index is 795. The maximum Gasteiger partial charge on any atom is 0.188 e. The zero-order valence-electron chi connectivity index (χ0n) is 12.6. The Labute approximate surface area is 135 Å². The largest absolute Gasteiger partial charge is 0.223 e. The molecule has 0 atom stereocenters. The minimum absolute atomic E-state index is 0.0407. The molecule has 1 saturated carbocycles. The first-order valence-electron chi connectivity index (χ1n) is 7.73. The fourth-order valence-corrected chi connectivity index (χ4v) is 5.72. The zero-order valence-corrected chi connectivity index (χ0v) is 13.5. The SMILES string of the molecule is O=S(=O)(c1ccccc1)C1(c2cc(F)ccc2F)CCCCC1. The highest BCUT2D eigenvalue weighted by atomic mass is 32.2. The molecule has 0 bridgehead atoms. The third-order valence-corrected chi connectivity index (χ3v) is 7.20. The number of halogens is 2. The Balaban J connectivity index is 2.24. The number of rotatable bonds is 3. The van der Waals surface area contributed by atoms with Crippen molar-refractivity contribution in [2.45, 2.75) is 41.7 Å². The highest BCUT2D eigenvalue weighted by molar-refractivity contribution is 7.92. The van der Waals surface area contributed by atoms with Crippen LogP contribution in [-0.4, -0.2) is 8.42 Å². The van der Waals surface area contributed by atoms with Crippen molar-refractivity contribution in [2.24, 2.45) is 0 Å². The van der Waals surface area contributed by atoms with Crippen LogP contribution in [0.5, 0.6) is 0 Å². The molecule has 1 aliphatic carbocycles. The van der Waals surface area contributed by atoms with Gasteiger partial charge in [-0.3, -0.25) is 0 Å².